The van der Waals surface area contributed by atoms with E-state index in [4.69, 9.17) is 5.11 Å². The molecule has 136 valence electrons. The van der Waals surface area contributed by atoms with Crippen LogP contribution in [0, 0.1) is 17.7 Å². The summed E-state index contributed by atoms with van der Waals surface area (Å²) in [5.74, 6) is -2.90. The summed E-state index contributed by atoms with van der Waals surface area (Å²) < 4.78 is 14.1. The number of halogens is 1. The minimum Gasteiger partial charge on any atom is -0.481 e. The van der Waals surface area contributed by atoms with Crippen molar-refractivity contribution >= 4 is 23.5 Å². The summed E-state index contributed by atoms with van der Waals surface area (Å²) in [5.41, 5.74) is 0.113. The Kier molecular flexibility index (Phi) is 6.12. The minimum absolute atomic E-state index is 0.0199. The Morgan fingerprint density at radius 1 is 1.28 bits per heavy atom. The van der Waals surface area contributed by atoms with Crippen molar-refractivity contribution in [3.05, 3.63) is 29.6 Å². The summed E-state index contributed by atoms with van der Waals surface area (Å²) >= 11 is 0. The zero-order valence-electron chi connectivity index (χ0n) is 14.3. The van der Waals surface area contributed by atoms with E-state index in [2.05, 4.69) is 10.6 Å². The van der Waals surface area contributed by atoms with Crippen molar-refractivity contribution in [3.63, 3.8) is 0 Å². The Bertz CT molecular complexity index is 675. The van der Waals surface area contributed by atoms with E-state index in [1.54, 1.807) is 0 Å². The molecule has 0 heterocycles. The number of aliphatic carboxylic acids is 1. The molecule has 0 unspecified atom stereocenters. The number of hydrogen-bond acceptors (Lipinski definition) is 3. The van der Waals surface area contributed by atoms with Gasteiger partial charge in [0, 0.05) is 18.0 Å². The molecule has 1 saturated carbocycles. The summed E-state index contributed by atoms with van der Waals surface area (Å²) in [6.45, 7) is 3.77. The van der Waals surface area contributed by atoms with Crippen LogP contribution in [0.15, 0.2) is 18.2 Å². The van der Waals surface area contributed by atoms with Gasteiger partial charge in [0.25, 0.3) is 5.91 Å². The fourth-order valence-electron chi connectivity index (χ4n) is 3.01. The van der Waals surface area contributed by atoms with Crippen LogP contribution in [0.3, 0.4) is 0 Å². The number of rotatable bonds is 6. The number of carbonyl (C=O) groups is 3. The third kappa shape index (κ3) is 5.01. The van der Waals surface area contributed by atoms with Crippen LogP contribution >= 0.6 is 0 Å². The van der Waals surface area contributed by atoms with Gasteiger partial charge in [-0.3, -0.25) is 14.4 Å². The highest BCUT2D eigenvalue weighted by Gasteiger charge is 2.34. The van der Waals surface area contributed by atoms with Crippen molar-refractivity contribution < 1.29 is 23.9 Å². The summed E-state index contributed by atoms with van der Waals surface area (Å²) in [7, 11) is 0. The fourth-order valence-corrected chi connectivity index (χ4v) is 3.01. The molecular formula is C18H23FN2O4. The van der Waals surface area contributed by atoms with E-state index in [0.717, 1.165) is 12.5 Å². The lowest BCUT2D eigenvalue weighted by Crippen LogP contribution is -2.40. The van der Waals surface area contributed by atoms with Crippen molar-refractivity contribution in [1.82, 2.24) is 5.32 Å². The van der Waals surface area contributed by atoms with Gasteiger partial charge in [0.05, 0.1) is 11.6 Å². The van der Waals surface area contributed by atoms with Gasteiger partial charge in [-0.05, 0) is 37.0 Å². The Labute approximate surface area is 145 Å². The lowest BCUT2D eigenvalue weighted by molar-refractivity contribution is -0.142. The van der Waals surface area contributed by atoms with E-state index in [-0.39, 0.29) is 29.5 Å². The molecule has 7 heteroatoms. The first-order valence-corrected chi connectivity index (χ1v) is 8.41. The molecule has 1 aliphatic carbocycles. The number of amides is 2. The minimum atomic E-state index is -0.933. The van der Waals surface area contributed by atoms with Crippen LogP contribution in [0.5, 0.6) is 0 Å². The molecule has 1 aromatic rings. The molecule has 6 nitrogen and oxygen atoms in total. The molecule has 1 aliphatic rings. The smallest absolute Gasteiger partial charge is 0.308 e. The summed E-state index contributed by atoms with van der Waals surface area (Å²) in [6.07, 6.45) is 2.13. The van der Waals surface area contributed by atoms with Gasteiger partial charge in [0.15, 0.2) is 0 Å². The van der Waals surface area contributed by atoms with Crippen LogP contribution in [-0.2, 0) is 9.59 Å². The van der Waals surface area contributed by atoms with Crippen molar-refractivity contribution in [3.8, 4) is 0 Å². The van der Waals surface area contributed by atoms with E-state index in [0.29, 0.717) is 12.8 Å². The van der Waals surface area contributed by atoms with E-state index >= 15 is 0 Å². The molecule has 0 aliphatic heterocycles. The maximum absolute atomic E-state index is 14.1. The second-order valence-electron chi connectivity index (χ2n) is 6.80. The zero-order valence-corrected chi connectivity index (χ0v) is 14.3. The molecule has 25 heavy (non-hydrogen) atoms. The summed E-state index contributed by atoms with van der Waals surface area (Å²) in [4.78, 5) is 35.1. The third-order valence-electron chi connectivity index (χ3n) is 4.25. The maximum atomic E-state index is 14.1. The largest absolute Gasteiger partial charge is 0.481 e. The lowest BCUT2D eigenvalue weighted by atomic mass is 10.0. The quantitative estimate of drug-likeness (QED) is 0.735. The Morgan fingerprint density at radius 3 is 2.60 bits per heavy atom. The number of hydrogen-bond donors (Lipinski definition) is 3. The average Bonchev–Trinajstić information content (AvgIpc) is 2.96. The highest BCUT2D eigenvalue weighted by atomic mass is 19.1. The first-order chi connectivity index (χ1) is 11.8. The van der Waals surface area contributed by atoms with Gasteiger partial charge in [0.2, 0.25) is 5.91 Å². The van der Waals surface area contributed by atoms with Gasteiger partial charge >= 0.3 is 5.97 Å². The van der Waals surface area contributed by atoms with Gasteiger partial charge in [-0.25, -0.2) is 4.39 Å². The molecule has 0 aromatic heterocycles. The van der Waals surface area contributed by atoms with Gasteiger partial charge in [-0.15, -0.1) is 0 Å². The third-order valence-corrected chi connectivity index (χ3v) is 4.25. The molecule has 2 atom stereocenters. The van der Waals surface area contributed by atoms with Crippen molar-refractivity contribution in [2.45, 2.75) is 45.6 Å². The van der Waals surface area contributed by atoms with Crippen LogP contribution in [-0.4, -0.2) is 28.9 Å². The number of carboxylic acid groups (broad SMARTS) is 1. The first kappa shape index (κ1) is 18.9. The predicted molar refractivity (Wildman–Crippen MR) is 90.7 cm³/mol. The molecule has 0 bridgehead atoms. The van der Waals surface area contributed by atoms with Crippen molar-refractivity contribution in [1.29, 1.82) is 0 Å². The van der Waals surface area contributed by atoms with Gasteiger partial charge in [-0.2, -0.15) is 0 Å². The molecule has 1 aromatic carbocycles. The fraction of sp³-hybridized carbons (Fsp3) is 0.500. The van der Waals surface area contributed by atoms with E-state index in [1.165, 1.54) is 12.1 Å². The monoisotopic (exact) mass is 350 g/mol. The Morgan fingerprint density at radius 2 is 2.00 bits per heavy atom. The average molecular weight is 350 g/mol. The molecule has 0 spiro atoms. The Balaban J connectivity index is 2.03. The maximum Gasteiger partial charge on any atom is 0.308 e. The number of anilines is 1. The lowest BCUT2D eigenvalue weighted by Gasteiger charge is -2.17. The van der Waals surface area contributed by atoms with Crippen LogP contribution in [0.25, 0.3) is 0 Å². The van der Waals surface area contributed by atoms with Gasteiger partial charge < -0.3 is 15.7 Å². The SMILES string of the molecule is CC(C)CC(=O)Nc1ccc(C(=O)N[C@@H]2CCC[C@@H]2C(=O)O)cc1F. The van der Waals surface area contributed by atoms with Gasteiger partial charge in [0.1, 0.15) is 5.82 Å². The molecule has 1 fully saturated rings. The number of benzene rings is 1. The summed E-state index contributed by atoms with van der Waals surface area (Å²) in [6, 6.07) is 3.35. The van der Waals surface area contributed by atoms with Crippen LogP contribution in [0.2, 0.25) is 0 Å². The van der Waals surface area contributed by atoms with Crippen LogP contribution < -0.4 is 10.6 Å². The van der Waals surface area contributed by atoms with E-state index in [1.807, 2.05) is 13.8 Å². The second-order valence-corrected chi connectivity index (χ2v) is 6.80. The highest BCUT2D eigenvalue weighted by molar-refractivity contribution is 5.96. The van der Waals surface area contributed by atoms with Crippen LogP contribution in [0.1, 0.15) is 49.9 Å². The summed E-state index contributed by atoms with van der Waals surface area (Å²) in [5, 5.41) is 14.3. The molecule has 0 radical (unpaired) electrons. The molecule has 2 amide bonds. The normalized spacial score (nSPS) is 19.7. The van der Waals surface area contributed by atoms with Gasteiger partial charge in [-0.1, -0.05) is 20.3 Å². The number of carbonyl (C=O) groups excluding carboxylic acids is 2. The van der Waals surface area contributed by atoms with E-state index in [9.17, 15) is 18.8 Å². The molecule has 3 N–H and O–H groups in total. The van der Waals surface area contributed by atoms with Crippen molar-refractivity contribution in [2.75, 3.05) is 5.32 Å². The highest BCUT2D eigenvalue weighted by Crippen LogP contribution is 2.26. The number of nitrogens with one attached hydrogen (secondary N) is 2. The standard InChI is InChI=1S/C18H23FN2O4/c1-10(2)8-16(22)20-15-7-6-11(9-13(15)19)17(23)21-14-5-3-4-12(14)18(24)25/h6-7,9-10,12,14H,3-5,8H2,1-2H3,(H,20,22)(H,21,23)(H,24,25)/t12-,14+/m0/s1. The predicted octanol–water partition coefficient (Wildman–Crippen LogP) is 2.79. The van der Waals surface area contributed by atoms with E-state index < -0.39 is 29.7 Å². The molecular weight excluding hydrogens is 327 g/mol. The zero-order chi connectivity index (χ0) is 18.6. The molecule has 2 rings (SSSR count). The second kappa shape index (κ2) is 8.09. The first-order valence-electron chi connectivity index (χ1n) is 8.41. The Hall–Kier alpha value is -2.44. The van der Waals surface area contributed by atoms with Crippen LogP contribution in [0.4, 0.5) is 10.1 Å². The number of carboxylic acids is 1. The topological polar surface area (TPSA) is 95.5 Å². The molecule has 0 saturated heterocycles. The van der Waals surface area contributed by atoms with Crippen molar-refractivity contribution in [2.24, 2.45) is 11.8 Å².